The van der Waals surface area contributed by atoms with Gasteiger partial charge in [0.1, 0.15) is 5.78 Å². The van der Waals surface area contributed by atoms with Gasteiger partial charge >= 0.3 is 0 Å². The van der Waals surface area contributed by atoms with E-state index < -0.39 is 0 Å². The molecule has 0 aliphatic carbocycles. The van der Waals surface area contributed by atoms with Gasteiger partial charge in [0.15, 0.2) is 5.78 Å². The average molecular weight is 297 g/mol. The van der Waals surface area contributed by atoms with Crippen LogP contribution < -0.4 is 5.32 Å². The van der Waals surface area contributed by atoms with Crippen LogP contribution in [0, 0.1) is 0 Å². The van der Waals surface area contributed by atoms with E-state index >= 15 is 0 Å². The van der Waals surface area contributed by atoms with Crippen LogP contribution in [-0.2, 0) is 14.4 Å². The predicted octanol–water partition coefficient (Wildman–Crippen LogP) is 3.57. The molecule has 0 bridgehead atoms. The second kappa shape index (κ2) is 12.5. The zero-order valence-corrected chi connectivity index (χ0v) is 13.9. The van der Waals surface area contributed by atoms with Crippen molar-refractivity contribution in [2.24, 2.45) is 0 Å². The van der Waals surface area contributed by atoms with Crippen molar-refractivity contribution in [2.45, 2.75) is 91.0 Å². The monoisotopic (exact) mass is 297 g/mol. The molecule has 0 spiro atoms. The molecule has 0 unspecified atom stereocenters. The molecule has 0 fully saturated rings. The highest BCUT2D eigenvalue weighted by atomic mass is 16.2. The van der Waals surface area contributed by atoms with E-state index in [9.17, 15) is 14.4 Å². The van der Waals surface area contributed by atoms with Gasteiger partial charge in [0, 0.05) is 12.8 Å². The molecule has 1 amide bonds. The van der Waals surface area contributed by atoms with E-state index in [0.717, 1.165) is 51.4 Å². The molecule has 0 aliphatic heterocycles. The van der Waals surface area contributed by atoms with Crippen molar-refractivity contribution in [1.82, 2.24) is 5.32 Å². The van der Waals surface area contributed by atoms with Gasteiger partial charge in [0.25, 0.3) is 0 Å². The Hall–Kier alpha value is -1.19. The Morgan fingerprint density at radius 2 is 1.48 bits per heavy atom. The first kappa shape index (κ1) is 19.8. The number of carbonyl (C=O) groups excluding carboxylic acids is 3. The highest BCUT2D eigenvalue weighted by Crippen LogP contribution is 2.08. The predicted molar refractivity (Wildman–Crippen MR) is 85.1 cm³/mol. The fraction of sp³-hybridized carbons (Fsp3) is 0.824. The Balaban J connectivity index is 3.77. The van der Waals surface area contributed by atoms with Crippen molar-refractivity contribution < 1.29 is 14.4 Å². The van der Waals surface area contributed by atoms with Gasteiger partial charge in [-0.2, -0.15) is 0 Å². The third kappa shape index (κ3) is 12.3. The minimum Gasteiger partial charge on any atom is -0.346 e. The third-order valence-electron chi connectivity index (χ3n) is 3.60. The van der Waals surface area contributed by atoms with Crippen LogP contribution in [0.15, 0.2) is 0 Å². The summed E-state index contributed by atoms with van der Waals surface area (Å²) >= 11 is 0. The Bertz CT molecular complexity index is 326. The minimum atomic E-state index is -0.318. The van der Waals surface area contributed by atoms with Crippen LogP contribution in [0.25, 0.3) is 0 Å². The Kier molecular flexibility index (Phi) is 11.8. The van der Waals surface area contributed by atoms with Crippen LogP contribution in [0.4, 0.5) is 0 Å². The van der Waals surface area contributed by atoms with Gasteiger partial charge in [-0.15, -0.1) is 0 Å². The van der Waals surface area contributed by atoms with Crippen LogP contribution in [0.5, 0.6) is 0 Å². The van der Waals surface area contributed by atoms with Gasteiger partial charge in [-0.05, 0) is 33.1 Å². The number of Topliss-reactive ketones (excluding diaryl/α,β-unsaturated/α-hetero) is 2. The molecule has 4 heteroatoms. The smallest absolute Gasteiger partial charge is 0.220 e. The maximum absolute atomic E-state index is 11.8. The third-order valence-corrected chi connectivity index (χ3v) is 3.60. The largest absolute Gasteiger partial charge is 0.346 e. The SMILES string of the molecule is CCCCC[C@H](NC(=O)CCCCCCC(C)=O)C(C)=O. The first-order valence-electron chi connectivity index (χ1n) is 8.26. The summed E-state index contributed by atoms with van der Waals surface area (Å²) in [6, 6.07) is -0.318. The van der Waals surface area contributed by atoms with Crippen molar-refractivity contribution in [1.29, 1.82) is 0 Å². The summed E-state index contributed by atoms with van der Waals surface area (Å²) < 4.78 is 0. The second-order valence-corrected chi connectivity index (χ2v) is 5.84. The lowest BCUT2D eigenvalue weighted by molar-refractivity contribution is -0.127. The number of amides is 1. The molecule has 0 heterocycles. The molecule has 0 saturated heterocycles. The van der Waals surface area contributed by atoms with Crippen molar-refractivity contribution in [3.05, 3.63) is 0 Å². The van der Waals surface area contributed by atoms with Gasteiger partial charge < -0.3 is 10.1 Å². The first-order valence-corrected chi connectivity index (χ1v) is 8.26. The summed E-state index contributed by atoms with van der Waals surface area (Å²) in [4.78, 5) is 34.1. The van der Waals surface area contributed by atoms with Crippen molar-refractivity contribution in [3.8, 4) is 0 Å². The van der Waals surface area contributed by atoms with E-state index in [-0.39, 0.29) is 23.5 Å². The van der Waals surface area contributed by atoms with Crippen LogP contribution in [0.3, 0.4) is 0 Å². The van der Waals surface area contributed by atoms with Gasteiger partial charge in [-0.1, -0.05) is 39.0 Å². The summed E-state index contributed by atoms with van der Waals surface area (Å²) in [6.45, 7) is 5.26. The van der Waals surface area contributed by atoms with Crippen molar-refractivity contribution in [3.63, 3.8) is 0 Å². The van der Waals surface area contributed by atoms with Crippen molar-refractivity contribution in [2.75, 3.05) is 0 Å². The molecule has 0 rings (SSSR count). The molecule has 0 radical (unpaired) electrons. The van der Waals surface area contributed by atoms with Crippen LogP contribution >= 0.6 is 0 Å². The summed E-state index contributed by atoms with van der Waals surface area (Å²) in [5.41, 5.74) is 0. The number of hydrogen-bond acceptors (Lipinski definition) is 3. The van der Waals surface area contributed by atoms with Crippen molar-refractivity contribution >= 4 is 17.5 Å². The van der Waals surface area contributed by atoms with Gasteiger partial charge in [0.2, 0.25) is 5.91 Å². The number of hydrogen-bond donors (Lipinski definition) is 1. The Morgan fingerprint density at radius 1 is 0.857 bits per heavy atom. The van der Waals surface area contributed by atoms with E-state index in [1.807, 2.05) is 0 Å². The lowest BCUT2D eigenvalue weighted by Crippen LogP contribution is -2.39. The molecule has 0 aliphatic rings. The number of ketones is 2. The van der Waals surface area contributed by atoms with E-state index in [1.54, 1.807) is 13.8 Å². The molecule has 0 aromatic heterocycles. The van der Waals surface area contributed by atoms with Gasteiger partial charge in [-0.3, -0.25) is 9.59 Å². The Morgan fingerprint density at radius 3 is 2.00 bits per heavy atom. The van der Waals surface area contributed by atoms with E-state index in [0.29, 0.717) is 12.8 Å². The highest BCUT2D eigenvalue weighted by molar-refractivity contribution is 5.87. The van der Waals surface area contributed by atoms with E-state index in [1.165, 1.54) is 0 Å². The number of nitrogens with one attached hydrogen (secondary N) is 1. The average Bonchev–Trinajstić information content (AvgIpc) is 2.41. The minimum absolute atomic E-state index is 0.0294. The Labute approximate surface area is 129 Å². The lowest BCUT2D eigenvalue weighted by atomic mass is 10.0. The summed E-state index contributed by atoms with van der Waals surface area (Å²) in [6.07, 6.45) is 8.70. The standard InChI is InChI=1S/C17H31NO3/c1-4-5-8-12-16(15(3)20)18-17(21)13-10-7-6-9-11-14(2)19/h16H,4-13H2,1-3H3,(H,18,21)/t16-/m0/s1. The summed E-state index contributed by atoms with van der Waals surface area (Å²) in [5, 5.41) is 2.84. The maximum Gasteiger partial charge on any atom is 0.220 e. The summed E-state index contributed by atoms with van der Waals surface area (Å²) in [5.74, 6) is 0.239. The summed E-state index contributed by atoms with van der Waals surface area (Å²) in [7, 11) is 0. The molecule has 122 valence electrons. The fourth-order valence-electron chi connectivity index (χ4n) is 2.26. The van der Waals surface area contributed by atoms with Crippen LogP contribution in [-0.4, -0.2) is 23.5 Å². The topological polar surface area (TPSA) is 63.2 Å². The molecule has 21 heavy (non-hydrogen) atoms. The molecular formula is C17H31NO3. The highest BCUT2D eigenvalue weighted by Gasteiger charge is 2.15. The van der Waals surface area contributed by atoms with Crippen LogP contribution in [0.2, 0.25) is 0 Å². The van der Waals surface area contributed by atoms with E-state index in [4.69, 9.17) is 0 Å². The molecule has 4 nitrogen and oxygen atoms in total. The van der Waals surface area contributed by atoms with Gasteiger partial charge in [-0.25, -0.2) is 0 Å². The molecular weight excluding hydrogens is 266 g/mol. The maximum atomic E-state index is 11.8. The van der Waals surface area contributed by atoms with Gasteiger partial charge in [0.05, 0.1) is 6.04 Å². The number of rotatable bonds is 13. The normalized spacial score (nSPS) is 12.0. The lowest BCUT2D eigenvalue weighted by Gasteiger charge is -2.15. The molecule has 0 aromatic carbocycles. The molecule has 1 N–H and O–H groups in total. The van der Waals surface area contributed by atoms with Crippen LogP contribution in [0.1, 0.15) is 85.0 Å². The first-order chi connectivity index (χ1) is 9.97. The second-order valence-electron chi connectivity index (χ2n) is 5.84. The zero-order valence-electron chi connectivity index (χ0n) is 13.9. The molecule has 0 aromatic rings. The number of carbonyl (C=O) groups is 3. The fourth-order valence-corrected chi connectivity index (χ4v) is 2.26. The van der Waals surface area contributed by atoms with E-state index in [2.05, 4.69) is 12.2 Å². The zero-order chi connectivity index (χ0) is 16.1. The number of unbranched alkanes of at least 4 members (excludes halogenated alkanes) is 5. The quantitative estimate of drug-likeness (QED) is 0.529. The molecule has 1 atom stereocenters. The molecule has 0 saturated carbocycles.